The molecule has 0 aromatic heterocycles. The van der Waals surface area contributed by atoms with Crippen LogP contribution in [0, 0.1) is 6.92 Å². The Hall–Kier alpha value is -1.51. The largest absolute Gasteiger partial charge is 0.496 e. The molecule has 20 heavy (non-hydrogen) atoms. The van der Waals surface area contributed by atoms with Crippen molar-refractivity contribution in [3.8, 4) is 16.9 Å². The fourth-order valence-corrected chi connectivity index (χ4v) is 2.49. The third-order valence-electron chi connectivity index (χ3n) is 3.26. The Morgan fingerprint density at radius 1 is 1.10 bits per heavy atom. The van der Waals surface area contributed by atoms with Crippen molar-refractivity contribution in [3.05, 3.63) is 52.5 Å². The molecule has 0 aliphatic carbocycles. The molecule has 0 saturated carbocycles. The van der Waals surface area contributed by atoms with Gasteiger partial charge in [0.1, 0.15) is 5.75 Å². The van der Waals surface area contributed by atoms with Gasteiger partial charge >= 0.3 is 0 Å². The van der Waals surface area contributed by atoms with Gasteiger partial charge in [-0.3, -0.25) is 0 Å². The van der Waals surface area contributed by atoms with Crippen molar-refractivity contribution in [1.29, 1.82) is 0 Å². The molecule has 0 aliphatic heterocycles. The molecule has 2 aromatic rings. The molecule has 0 unspecified atom stereocenters. The van der Waals surface area contributed by atoms with Crippen molar-refractivity contribution < 1.29 is 4.74 Å². The fourth-order valence-electron chi connectivity index (χ4n) is 2.19. The summed E-state index contributed by atoms with van der Waals surface area (Å²) in [7, 11) is 1.68. The zero-order valence-corrected chi connectivity index (χ0v) is 12.9. The van der Waals surface area contributed by atoms with Gasteiger partial charge in [-0.05, 0) is 37.2 Å². The van der Waals surface area contributed by atoms with E-state index in [-0.39, 0.29) is 0 Å². The molecular weight excluding hydrogens is 270 g/mol. The molecule has 2 rings (SSSR count). The van der Waals surface area contributed by atoms with Crippen LogP contribution in [0.3, 0.4) is 0 Å². The van der Waals surface area contributed by atoms with Crippen LogP contribution in [0.4, 0.5) is 0 Å². The van der Waals surface area contributed by atoms with E-state index in [1.165, 1.54) is 11.1 Å². The number of nitrogens with one attached hydrogen (secondary N) is 1. The summed E-state index contributed by atoms with van der Waals surface area (Å²) in [5.41, 5.74) is 4.42. The standard InChI is InChI=1S/C17H20ClNO/c1-4-19-11-13-6-7-14(16(18)10-13)15-9-12(2)5-8-17(15)20-3/h5-10,19H,4,11H2,1-3H3. The van der Waals surface area contributed by atoms with Gasteiger partial charge in [-0.25, -0.2) is 0 Å². The Labute approximate surface area is 125 Å². The van der Waals surface area contributed by atoms with E-state index in [0.717, 1.165) is 35.0 Å². The van der Waals surface area contributed by atoms with Gasteiger partial charge in [0.25, 0.3) is 0 Å². The number of aryl methyl sites for hydroxylation is 1. The molecule has 0 radical (unpaired) electrons. The number of methoxy groups -OCH3 is 1. The van der Waals surface area contributed by atoms with E-state index in [0.29, 0.717) is 0 Å². The van der Waals surface area contributed by atoms with E-state index >= 15 is 0 Å². The van der Waals surface area contributed by atoms with Crippen LogP contribution in [-0.2, 0) is 6.54 Å². The van der Waals surface area contributed by atoms with Crippen LogP contribution in [-0.4, -0.2) is 13.7 Å². The van der Waals surface area contributed by atoms with Crippen molar-refractivity contribution >= 4 is 11.6 Å². The molecule has 0 fully saturated rings. The number of ether oxygens (including phenoxy) is 1. The maximum atomic E-state index is 6.44. The first-order valence-corrected chi connectivity index (χ1v) is 7.17. The molecule has 2 nitrogen and oxygen atoms in total. The molecular formula is C17H20ClNO. The summed E-state index contributed by atoms with van der Waals surface area (Å²) >= 11 is 6.44. The first kappa shape index (κ1) is 14.9. The van der Waals surface area contributed by atoms with E-state index in [2.05, 4.69) is 37.4 Å². The van der Waals surface area contributed by atoms with Crippen LogP contribution >= 0.6 is 11.6 Å². The lowest BCUT2D eigenvalue weighted by atomic mass is 10.0. The zero-order valence-electron chi connectivity index (χ0n) is 12.2. The number of hydrogen-bond donors (Lipinski definition) is 1. The Kier molecular flexibility index (Phi) is 5.05. The maximum absolute atomic E-state index is 6.44. The predicted octanol–water partition coefficient (Wildman–Crippen LogP) is 4.43. The second kappa shape index (κ2) is 6.78. The van der Waals surface area contributed by atoms with Crippen molar-refractivity contribution in [2.45, 2.75) is 20.4 Å². The summed E-state index contributed by atoms with van der Waals surface area (Å²) in [6.45, 7) is 5.94. The summed E-state index contributed by atoms with van der Waals surface area (Å²) in [6, 6.07) is 12.3. The van der Waals surface area contributed by atoms with Gasteiger partial charge in [0, 0.05) is 22.7 Å². The monoisotopic (exact) mass is 289 g/mol. The summed E-state index contributed by atoms with van der Waals surface area (Å²) < 4.78 is 5.43. The molecule has 0 aliphatic rings. The van der Waals surface area contributed by atoms with Gasteiger partial charge in [-0.2, -0.15) is 0 Å². The van der Waals surface area contributed by atoms with Crippen LogP contribution in [0.15, 0.2) is 36.4 Å². The highest BCUT2D eigenvalue weighted by atomic mass is 35.5. The first-order chi connectivity index (χ1) is 9.65. The number of halogens is 1. The van der Waals surface area contributed by atoms with Gasteiger partial charge < -0.3 is 10.1 Å². The van der Waals surface area contributed by atoms with Crippen LogP contribution in [0.1, 0.15) is 18.1 Å². The lowest BCUT2D eigenvalue weighted by Gasteiger charge is -2.12. The molecule has 0 bridgehead atoms. The van der Waals surface area contributed by atoms with Crippen molar-refractivity contribution in [2.24, 2.45) is 0 Å². The van der Waals surface area contributed by atoms with Gasteiger partial charge in [-0.15, -0.1) is 0 Å². The van der Waals surface area contributed by atoms with Crippen LogP contribution in [0.25, 0.3) is 11.1 Å². The average Bonchev–Trinajstić information content (AvgIpc) is 2.45. The molecule has 0 amide bonds. The molecule has 0 heterocycles. The zero-order chi connectivity index (χ0) is 14.5. The third kappa shape index (κ3) is 3.33. The Morgan fingerprint density at radius 2 is 1.90 bits per heavy atom. The van der Waals surface area contributed by atoms with Crippen LogP contribution in [0.5, 0.6) is 5.75 Å². The highest BCUT2D eigenvalue weighted by Gasteiger charge is 2.10. The normalized spacial score (nSPS) is 10.6. The molecule has 0 atom stereocenters. The minimum Gasteiger partial charge on any atom is -0.496 e. The Morgan fingerprint density at radius 3 is 2.55 bits per heavy atom. The van der Waals surface area contributed by atoms with Gasteiger partial charge in [0.05, 0.1) is 7.11 Å². The smallest absolute Gasteiger partial charge is 0.126 e. The first-order valence-electron chi connectivity index (χ1n) is 6.80. The molecule has 3 heteroatoms. The van der Waals surface area contributed by atoms with E-state index < -0.39 is 0 Å². The molecule has 2 aromatic carbocycles. The van der Waals surface area contributed by atoms with Gasteiger partial charge in [0.15, 0.2) is 0 Å². The van der Waals surface area contributed by atoms with Crippen LogP contribution in [0.2, 0.25) is 5.02 Å². The molecule has 0 saturated heterocycles. The summed E-state index contributed by atoms with van der Waals surface area (Å²) in [5.74, 6) is 0.844. The van der Waals surface area contributed by atoms with Crippen LogP contribution < -0.4 is 10.1 Å². The summed E-state index contributed by atoms with van der Waals surface area (Å²) in [6.07, 6.45) is 0. The quantitative estimate of drug-likeness (QED) is 0.879. The minimum absolute atomic E-state index is 0.754. The molecule has 0 spiro atoms. The van der Waals surface area contributed by atoms with E-state index in [9.17, 15) is 0 Å². The highest BCUT2D eigenvalue weighted by molar-refractivity contribution is 6.33. The lowest BCUT2D eigenvalue weighted by molar-refractivity contribution is 0.416. The molecule has 1 N–H and O–H groups in total. The maximum Gasteiger partial charge on any atom is 0.126 e. The van der Waals surface area contributed by atoms with E-state index in [4.69, 9.17) is 16.3 Å². The van der Waals surface area contributed by atoms with Crippen molar-refractivity contribution in [3.63, 3.8) is 0 Å². The lowest BCUT2D eigenvalue weighted by Crippen LogP contribution is -2.11. The summed E-state index contributed by atoms with van der Waals surface area (Å²) in [5, 5.41) is 4.05. The minimum atomic E-state index is 0.754. The average molecular weight is 290 g/mol. The third-order valence-corrected chi connectivity index (χ3v) is 3.57. The fraction of sp³-hybridized carbons (Fsp3) is 0.294. The van der Waals surface area contributed by atoms with Gasteiger partial charge in [0.2, 0.25) is 0 Å². The van der Waals surface area contributed by atoms with Crippen molar-refractivity contribution in [1.82, 2.24) is 5.32 Å². The number of rotatable bonds is 5. The predicted molar refractivity (Wildman–Crippen MR) is 85.6 cm³/mol. The van der Waals surface area contributed by atoms with Gasteiger partial charge in [-0.1, -0.05) is 42.3 Å². The topological polar surface area (TPSA) is 21.3 Å². The molecule has 106 valence electrons. The Balaban J connectivity index is 2.40. The van der Waals surface area contributed by atoms with Crippen molar-refractivity contribution in [2.75, 3.05) is 13.7 Å². The number of hydrogen-bond acceptors (Lipinski definition) is 2. The van der Waals surface area contributed by atoms with E-state index in [1.54, 1.807) is 7.11 Å². The number of benzene rings is 2. The SMILES string of the molecule is CCNCc1ccc(-c2cc(C)ccc2OC)c(Cl)c1. The highest BCUT2D eigenvalue weighted by Crippen LogP contribution is 2.35. The summed E-state index contributed by atoms with van der Waals surface area (Å²) in [4.78, 5) is 0. The Bertz CT molecular complexity index is 596. The van der Waals surface area contributed by atoms with E-state index in [1.807, 2.05) is 18.2 Å². The second-order valence-electron chi connectivity index (χ2n) is 4.80. The second-order valence-corrected chi connectivity index (χ2v) is 5.21.